The molecule has 144 valence electrons. The molecular weight excluding hydrogens is 310 g/mol. The molecule has 0 radical (unpaired) electrons. The lowest BCUT2D eigenvalue weighted by atomic mass is 9.89. The van der Waals surface area contributed by atoms with Crippen molar-refractivity contribution >= 4 is 5.91 Å². The van der Waals surface area contributed by atoms with Crippen LogP contribution in [0.5, 0.6) is 0 Å². The van der Waals surface area contributed by atoms with Crippen LogP contribution >= 0.6 is 0 Å². The molecule has 0 saturated heterocycles. The predicted octanol–water partition coefficient (Wildman–Crippen LogP) is 1.87. The van der Waals surface area contributed by atoms with Crippen molar-refractivity contribution in [1.82, 2.24) is 5.32 Å². The Kier molecular flexibility index (Phi) is 10.7. The van der Waals surface area contributed by atoms with E-state index < -0.39 is 30.0 Å². The minimum absolute atomic E-state index is 0.0560. The van der Waals surface area contributed by atoms with E-state index in [2.05, 4.69) is 12.2 Å². The Bertz CT molecular complexity index is 357. The Morgan fingerprint density at radius 1 is 1.29 bits per heavy atom. The Labute approximate surface area is 146 Å². The molecule has 1 amide bonds. The smallest absolute Gasteiger partial charge is 0.217 e. The van der Waals surface area contributed by atoms with Crippen LogP contribution in [0.4, 0.5) is 0 Å². The van der Waals surface area contributed by atoms with Crippen molar-refractivity contribution < 1.29 is 24.5 Å². The number of methoxy groups -OCH3 is 1. The van der Waals surface area contributed by atoms with Gasteiger partial charge in [0.1, 0.15) is 18.3 Å². The number of rotatable bonds is 12. The molecule has 0 bridgehead atoms. The topological polar surface area (TPSA) is 88.0 Å². The summed E-state index contributed by atoms with van der Waals surface area (Å²) < 4.78 is 11.5. The average Bonchev–Trinajstić information content (AvgIpc) is 2.51. The van der Waals surface area contributed by atoms with E-state index >= 15 is 0 Å². The monoisotopic (exact) mass is 347 g/mol. The van der Waals surface area contributed by atoms with Crippen LogP contribution in [-0.2, 0) is 14.3 Å². The third-order valence-electron chi connectivity index (χ3n) is 4.49. The number of aliphatic hydroxyl groups is 2. The third-order valence-corrected chi connectivity index (χ3v) is 4.49. The summed E-state index contributed by atoms with van der Waals surface area (Å²) in [5.41, 5.74) is -0.470. The third kappa shape index (κ3) is 7.47. The Morgan fingerprint density at radius 2 is 1.88 bits per heavy atom. The second-order valence-electron chi connectivity index (χ2n) is 7.15. The van der Waals surface area contributed by atoms with Crippen molar-refractivity contribution in [3.05, 3.63) is 0 Å². The van der Waals surface area contributed by atoms with E-state index in [4.69, 9.17) is 9.47 Å². The highest BCUT2D eigenvalue weighted by Gasteiger charge is 2.39. The van der Waals surface area contributed by atoms with E-state index in [1.165, 1.54) is 14.0 Å². The van der Waals surface area contributed by atoms with Crippen LogP contribution in [0.2, 0.25) is 0 Å². The molecule has 0 spiro atoms. The predicted molar refractivity (Wildman–Crippen MR) is 94.8 cm³/mol. The van der Waals surface area contributed by atoms with Crippen molar-refractivity contribution in [2.45, 2.75) is 90.8 Å². The fourth-order valence-electron chi connectivity index (χ4n) is 2.96. The maximum Gasteiger partial charge on any atom is 0.217 e. The fourth-order valence-corrected chi connectivity index (χ4v) is 2.96. The highest BCUT2D eigenvalue weighted by molar-refractivity contribution is 5.73. The molecule has 0 aliphatic heterocycles. The summed E-state index contributed by atoms with van der Waals surface area (Å²) in [5.74, 6) is -0.149. The molecular formula is C18H37NO5. The van der Waals surface area contributed by atoms with Gasteiger partial charge in [0, 0.05) is 14.0 Å². The molecule has 0 heterocycles. The molecule has 6 nitrogen and oxygen atoms in total. The van der Waals surface area contributed by atoms with Crippen LogP contribution in [0.25, 0.3) is 0 Å². The fraction of sp³-hybridized carbons (Fsp3) is 0.944. The molecule has 0 aliphatic rings. The minimum Gasteiger partial charge on any atom is -0.394 e. The largest absolute Gasteiger partial charge is 0.394 e. The maximum atomic E-state index is 11.6. The van der Waals surface area contributed by atoms with E-state index in [0.717, 1.165) is 19.3 Å². The van der Waals surface area contributed by atoms with Gasteiger partial charge in [-0.3, -0.25) is 4.79 Å². The lowest BCUT2D eigenvalue weighted by molar-refractivity contribution is -0.185. The minimum atomic E-state index is -0.989. The van der Waals surface area contributed by atoms with Crippen LogP contribution in [0.1, 0.15) is 60.8 Å². The van der Waals surface area contributed by atoms with Gasteiger partial charge in [0.25, 0.3) is 0 Å². The van der Waals surface area contributed by atoms with E-state index in [1.807, 2.05) is 27.7 Å². The number of aliphatic hydroxyl groups excluding tert-OH is 2. The summed E-state index contributed by atoms with van der Waals surface area (Å²) in [5, 5.41) is 23.4. The Morgan fingerprint density at radius 3 is 2.25 bits per heavy atom. The zero-order chi connectivity index (χ0) is 18.9. The normalized spacial score (nSPS) is 18.5. The molecule has 3 N–H and O–H groups in total. The number of hydrogen-bond acceptors (Lipinski definition) is 5. The van der Waals surface area contributed by atoms with Crippen LogP contribution in [0.15, 0.2) is 0 Å². The first-order valence-electron chi connectivity index (χ1n) is 8.90. The second kappa shape index (κ2) is 11.0. The van der Waals surface area contributed by atoms with Gasteiger partial charge in [-0.1, -0.05) is 33.6 Å². The number of nitrogens with one attached hydrogen (secondary N) is 1. The summed E-state index contributed by atoms with van der Waals surface area (Å²) in [6.45, 7) is 11.1. The average molecular weight is 347 g/mol. The van der Waals surface area contributed by atoms with Gasteiger partial charge in [-0.25, -0.2) is 0 Å². The Balaban J connectivity index is 5.52. The van der Waals surface area contributed by atoms with E-state index in [1.54, 1.807) is 0 Å². The van der Waals surface area contributed by atoms with Gasteiger partial charge in [-0.2, -0.15) is 0 Å². The first kappa shape index (κ1) is 23.3. The number of ether oxygens (including phenoxy) is 2. The molecule has 6 heteroatoms. The van der Waals surface area contributed by atoms with E-state index in [-0.39, 0.29) is 18.4 Å². The van der Waals surface area contributed by atoms with Crippen molar-refractivity contribution in [1.29, 1.82) is 0 Å². The maximum absolute atomic E-state index is 11.6. The highest BCUT2D eigenvalue weighted by Crippen LogP contribution is 2.26. The molecule has 0 rings (SSSR count). The summed E-state index contributed by atoms with van der Waals surface area (Å²) >= 11 is 0. The first-order valence-corrected chi connectivity index (χ1v) is 8.90. The molecule has 0 aromatic heterocycles. The lowest BCUT2D eigenvalue weighted by Gasteiger charge is -2.40. The molecule has 24 heavy (non-hydrogen) atoms. The van der Waals surface area contributed by atoms with Crippen molar-refractivity contribution in [3.8, 4) is 0 Å². The van der Waals surface area contributed by atoms with Crippen molar-refractivity contribution in [2.24, 2.45) is 5.92 Å². The van der Waals surface area contributed by atoms with Gasteiger partial charge in [0.15, 0.2) is 0 Å². The molecule has 0 aromatic rings. The van der Waals surface area contributed by atoms with E-state index in [9.17, 15) is 15.0 Å². The highest BCUT2D eigenvalue weighted by atomic mass is 16.6. The molecule has 0 fully saturated rings. The van der Waals surface area contributed by atoms with Gasteiger partial charge in [-0.05, 0) is 26.2 Å². The van der Waals surface area contributed by atoms with E-state index in [0.29, 0.717) is 0 Å². The zero-order valence-corrected chi connectivity index (χ0v) is 16.3. The lowest BCUT2D eigenvalue weighted by Crippen LogP contribution is -2.57. The Hall–Kier alpha value is -0.690. The molecule has 0 aliphatic carbocycles. The molecule has 5 atom stereocenters. The van der Waals surface area contributed by atoms with Gasteiger partial charge in [0.05, 0.1) is 18.2 Å². The molecule has 0 aromatic carbocycles. The van der Waals surface area contributed by atoms with Gasteiger partial charge in [0.2, 0.25) is 5.91 Å². The molecule has 5 unspecified atom stereocenters. The standard InChI is InChI=1S/C18H37NO5/c1-8-10-18(5,6)24-17(14(11-20)23-7)16(22)15(12(3)9-2)19-13(4)21/h12,14-17,20,22H,8-11H2,1-7H3,(H,19,21). The number of carbonyl (C=O) groups excluding carboxylic acids is 1. The van der Waals surface area contributed by atoms with Crippen LogP contribution in [-0.4, -0.2) is 59.8 Å². The van der Waals surface area contributed by atoms with Crippen molar-refractivity contribution in [2.75, 3.05) is 13.7 Å². The SMILES string of the molecule is CCCC(C)(C)OC(C(CO)OC)C(O)C(NC(C)=O)C(C)CC. The van der Waals surface area contributed by atoms with Crippen molar-refractivity contribution in [3.63, 3.8) is 0 Å². The van der Waals surface area contributed by atoms with Gasteiger partial charge >= 0.3 is 0 Å². The number of amides is 1. The summed E-state index contributed by atoms with van der Waals surface area (Å²) in [7, 11) is 1.48. The summed E-state index contributed by atoms with van der Waals surface area (Å²) in [4.78, 5) is 11.6. The summed E-state index contributed by atoms with van der Waals surface area (Å²) in [6, 6.07) is -0.473. The number of hydrogen-bond donors (Lipinski definition) is 3. The second-order valence-corrected chi connectivity index (χ2v) is 7.15. The number of carbonyl (C=O) groups is 1. The van der Waals surface area contributed by atoms with Gasteiger partial charge < -0.3 is 25.0 Å². The first-order chi connectivity index (χ1) is 11.1. The quantitative estimate of drug-likeness (QED) is 0.502. The zero-order valence-electron chi connectivity index (χ0n) is 16.3. The van der Waals surface area contributed by atoms with Crippen LogP contribution in [0.3, 0.4) is 0 Å². The molecule has 0 saturated carbocycles. The van der Waals surface area contributed by atoms with Crippen LogP contribution in [0, 0.1) is 5.92 Å². The van der Waals surface area contributed by atoms with Crippen LogP contribution < -0.4 is 5.32 Å². The summed E-state index contributed by atoms with van der Waals surface area (Å²) in [6.07, 6.45) is 0.143. The van der Waals surface area contributed by atoms with Gasteiger partial charge in [-0.15, -0.1) is 0 Å².